The summed E-state index contributed by atoms with van der Waals surface area (Å²) in [5.74, 6) is 4.35. The zero-order valence-electron chi connectivity index (χ0n) is 12.0. The number of hydrazine groups is 1. The van der Waals surface area contributed by atoms with Gasteiger partial charge in [-0.3, -0.25) is 14.5 Å². The molecule has 0 spiro atoms. The van der Waals surface area contributed by atoms with E-state index < -0.39 is 22.5 Å². The van der Waals surface area contributed by atoms with E-state index in [1.54, 1.807) is 0 Å². The highest BCUT2D eigenvalue weighted by molar-refractivity contribution is 7.92. The minimum atomic E-state index is -4.10. The van der Waals surface area contributed by atoms with E-state index in [1.807, 2.05) is 5.43 Å². The average molecular weight is 409 g/mol. The third-order valence-corrected chi connectivity index (χ3v) is 5.88. The van der Waals surface area contributed by atoms with E-state index in [4.69, 9.17) is 40.6 Å². The molecule has 0 aromatic heterocycles. The van der Waals surface area contributed by atoms with Gasteiger partial charge in [0.05, 0.1) is 20.6 Å². The first-order chi connectivity index (χ1) is 11.3. The second-order valence-corrected chi connectivity index (χ2v) is 7.69. The lowest BCUT2D eigenvalue weighted by Crippen LogP contribution is -2.43. The second-order valence-electron chi connectivity index (χ2n) is 4.61. The minimum absolute atomic E-state index is 0.00141. The zero-order chi connectivity index (χ0) is 17.9. The SMILES string of the molecule is NNC(=O)CN(c1cccc(Cl)c1Cl)S(=O)(=O)c1ccc(Cl)cc1. The number of nitrogens with two attached hydrogens (primary N) is 1. The van der Waals surface area contributed by atoms with Crippen LogP contribution in [0.3, 0.4) is 0 Å². The number of anilines is 1. The van der Waals surface area contributed by atoms with Crippen LogP contribution in [0.15, 0.2) is 47.4 Å². The van der Waals surface area contributed by atoms with Crippen molar-refractivity contribution in [3.63, 3.8) is 0 Å². The van der Waals surface area contributed by atoms with Crippen molar-refractivity contribution in [2.45, 2.75) is 4.90 Å². The molecule has 3 N–H and O–H groups in total. The third kappa shape index (κ3) is 3.93. The largest absolute Gasteiger partial charge is 0.293 e. The highest BCUT2D eigenvalue weighted by Gasteiger charge is 2.29. The first kappa shape index (κ1) is 18.8. The number of nitrogens with zero attached hydrogens (tertiary/aromatic N) is 1. The van der Waals surface area contributed by atoms with Gasteiger partial charge in [-0.2, -0.15) is 0 Å². The average Bonchev–Trinajstić information content (AvgIpc) is 2.55. The molecule has 2 aromatic carbocycles. The Morgan fingerprint density at radius 1 is 1.08 bits per heavy atom. The van der Waals surface area contributed by atoms with Crippen LogP contribution in [0.4, 0.5) is 5.69 Å². The van der Waals surface area contributed by atoms with Crippen LogP contribution in [-0.2, 0) is 14.8 Å². The van der Waals surface area contributed by atoms with E-state index in [0.717, 1.165) is 4.31 Å². The van der Waals surface area contributed by atoms with E-state index in [2.05, 4.69) is 0 Å². The zero-order valence-corrected chi connectivity index (χ0v) is 15.1. The van der Waals surface area contributed by atoms with Gasteiger partial charge in [0.1, 0.15) is 6.54 Å². The molecule has 24 heavy (non-hydrogen) atoms. The van der Waals surface area contributed by atoms with Gasteiger partial charge in [0.2, 0.25) is 0 Å². The van der Waals surface area contributed by atoms with Crippen LogP contribution >= 0.6 is 34.8 Å². The smallest absolute Gasteiger partial charge is 0.264 e. The van der Waals surface area contributed by atoms with E-state index in [0.29, 0.717) is 5.02 Å². The van der Waals surface area contributed by atoms with E-state index in [-0.39, 0.29) is 20.6 Å². The van der Waals surface area contributed by atoms with Crippen LogP contribution in [0, 0.1) is 0 Å². The molecule has 0 saturated heterocycles. The first-order valence-corrected chi connectivity index (χ1v) is 9.06. The summed E-state index contributed by atoms with van der Waals surface area (Å²) in [6.07, 6.45) is 0. The van der Waals surface area contributed by atoms with Crippen molar-refractivity contribution in [3.05, 3.63) is 57.5 Å². The topological polar surface area (TPSA) is 92.5 Å². The number of amides is 1. The predicted octanol–water partition coefficient (Wildman–Crippen LogP) is 2.83. The van der Waals surface area contributed by atoms with Crippen molar-refractivity contribution in [1.29, 1.82) is 0 Å². The maximum atomic E-state index is 12.9. The Balaban J connectivity index is 2.59. The van der Waals surface area contributed by atoms with Crippen molar-refractivity contribution in [1.82, 2.24) is 5.43 Å². The summed E-state index contributed by atoms with van der Waals surface area (Å²) in [7, 11) is -4.10. The molecule has 0 saturated carbocycles. The molecule has 10 heteroatoms. The summed E-state index contributed by atoms with van der Waals surface area (Å²) in [5.41, 5.74) is 1.95. The van der Waals surface area contributed by atoms with Crippen LogP contribution in [0.25, 0.3) is 0 Å². The number of benzene rings is 2. The lowest BCUT2D eigenvalue weighted by Gasteiger charge is -2.25. The van der Waals surface area contributed by atoms with Crippen molar-refractivity contribution < 1.29 is 13.2 Å². The summed E-state index contributed by atoms with van der Waals surface area (Å²) < 4.78 is 26.7. The van der Waals surface area contributed by atoms with Gasteiger partial charge in [-0.15, -0.1) is 0 Å². The summed E-state index contributed by atoms with van der Waals surface area (Å²) in [6.45, 7) is -0.568. The quantitative estimate of drug-likeness (QED) is 0.452. The van der Waals surface area contributed by atoms with Gasteiger partial charge in [-0.25, -0.2) is 14.3 Å². The third-order valence-electron chi connectivity index (χ3n) is 3.05. The first-order valence-electron chi connectivity index (χ1n) is 6.49. The van der Waals surface area contributed by atoms with E-state index in [1.165, 1.54) is 42.5 Å². The molecule has 0 atom stereocenters. The highest BCUT2D eigenvalue weighted by Crippen LogP contribution is 2.35. The van der Waals surface area contributed by atoms with Gasteiger partial charge in [0, 0.05) is 5.02 Å². The summed E-state index contributed by atoms with van der Waals surface area (Å²) in [4.78, 5) is 11.6. The lowest BCUT2D eigenvalue weighted by atomic mass is 10.3. The molecule has 1 amide bonds. The molecule has 0 radical (unpaired) electrons. The van der Waals surface area contributed by atoms with Crippen LogP contribution in [0.1, 0.15) is 0 Å². The van der Waals surface area contributed by atoms with Gasteiger partial charge in [-0.1, -0.05) is 40.9 Å². The Kier molecular flexibility index (Phi) is 5.95. The van der Waals surface area contributed by atoms with Gasteiger partial charge in [-0.05, 0) is 36.4 Å². The molecule has 0 aliphatic rings. The van der Waals surface area contributed by atoms with Crippen LogP contribution in [-0.4, -0.2) is 20.9 Å². The Morgan fingerprint density at radius 2 is 1.71 bits per heavy atom. The lowest BCUT2D eigenvalue weighted by molar-refractivity contribution is -0.119. The van der Waals surface area contributed by atoms with E-state index in [9.17, 15) is 13.2 Å². The Labute approximate surface area is 154 Å². The number of carbonyl (C=O) groups is 1. The summed E-state index contributed by atoms with van der Waals surface area (Å²) in [5, 5.41) is 0.529. The number of hydrogen-bond donors (Lipinski definition) is 2. The second kappa shape index (κ2) is 7.58. The monoisotopic (exact) mass is 407 g/mol. The molecule has 0 heterocycles. The molecule has 0 fully saturated rings. The molecule has 0 unspecified atom stereocenters. The summed E-state index contributed by atoms with van der Waals surface area (Å²) >= 11 is 17.8. The molecule has 2 aromatic rings. The fourth-order valence-corrected chi connectivity index (χ4v) is 3.90. The Hall–Kier alpha value is -1.51. The normalized spacial score (nSPS) is 11.2. The summed E-state index contributed by atoms with van der Waals surface area (Å²) in [6, 6.07) is 9.96. The van der Waals surface area contributed by atoms with Crippen molar-refractivity contribution in [2.24, 2.45) is 5.84 Å². The maximum Gasteiger partial charge on any atom is 0.264 e. The standard InChI is InChI=1S/C14H12Cl3N3O3S/c15-9-4-6-10(7-5-9)24(22,23)20(8-13(21)19-18)12-3-1-2-11(16)14(12)17/h1-7H,8,18H2,(H,19,21). The molecule has 0 aliphatic heterocycles. The fraction of sp³-hybridized carbons (Fsp3) is 0.0714. The predicted molar refractivity (Wildman–Crippen MR) is 94.8 cm³/mol. The van der Waals surface area contributed by atoms with Crippen LogP contribution in [0.2, 0.25) is 15.1 Å². The van der Waals surface area contributed by atoms with Gasteiger partial charge in [0.25, 0.3) is 15.9 Å². The molecule has 6 nitrogen and oxygen atoms in total. The minimum Gasteiger partial charge on any atom is -0.293 e. The van der Waals surface area contributed by atoms with Crippen molar-refractivity contribution in [2.75, 3.05) is 10.8 Å². The van der Waals surface area contributed by atoms with Crippen LogP contribution < -0.4 is 15.6 Å². The van der Waals surface area contributed by atoms with Crippen molar-refractivity contribution >= 4 is 56.4 Å². The van der Waals surface area contributed by atoms with Crippen LogP contribution in [0.5, 0.6) is 0 Å². The molecule has 0 aliphatic carbocycles. The molecule has 2 rings (SSSR count). The maximum absolute atomic E-state index is 12.9. The highest BCUT2D eigenvalue weighted by atomic mass is 35.5. The molecule has 128 valence electrons. The molecule has 0 bridgehead atoms. The van der Waals surface area contributed by atoms with Gasteiger partial charge >= 0.3 is 0 Å². The number of rotatable bonds is 5. The fourth-order valence-electron chi connectivity index (χ4n) is 1.89. The van der Waals surface area contributed by atoms with Crippen molar-refractivity contribution in [3.8, 4) is 0 Å². The number of nitrogens with one attached hydrogen (secondary N) is 1. The Bertz CT molecular complexity index is 857. The van der Waals surface area contributed by atoms with Gasteiger partial charge in [0.15, 0.2) is 0 Å². The molecular formula is C14H12Cl3N3O3S. The Morgan fingerprint density at radius 3 is 2.29 bits per heavy atom. The number of hydrogen-bond acceptors (Lipinski definition) is 4. The number of carbonyl (C=O) groups excluding carboxylic acids is 1. The number of sulfonamides is 1. The number of halogens is 3. The molecular weight excluding hydrogens is 397 g/mol. The van der Waals surface area contributed by atoms with Gasteiger partial charge < -0.3 is 0 Å². The van der Waals surface area contributed by atoms with E-state index >= 15 is 0 Å².